The lowest BCUT2D eigenvalue weighted by atomic mass is 9.94. The SMILES string of the molecule is CC(C)(C)OOC1(OOC(C)(C)CO)CCCCC1.CC(C)(N)OOC1(OOC(C)(C)N)CCCCC1.CC(C)(O)OOC1(OOC(C)(C)O)CCCCC1.CC(C)(OOC1(OOC(C)(C)c2ccc3ccccc3c2)CCCCC1)c1ccc2ccccc2c1.CC(C)(OOC1(OOC(C)(C)c2ccccc2)CCCCC1)c1ccccc1. The van der Waals surface area contributed by atoms with Crippen molar-refractivity contribution < 1.29 is 113 Å². The average molecular weight is 1670 g/mol. The second kappa shape index (κ2) is 44.1. The molecule has 11 rings (SSSR count). The first-order chi connectivity index (χ1) is 55.5. The summed E-state index contributed by atoms with van der Waals surface area (Å²) in [4.78, 5) is 112. The number of hydrogen-bond acceptors (Lipinski definition) is 25. The van der Waals surface area contributed by atoms with Gasteiger partial charge >= 0.3 is 0 Å². The Morgan fingerprint density at radius 2 is 0.479 bits per heavy atom. The lowest BCUT2D eigenvalue weighted by Crippen LogP contribution is -2.47. The summed E-state index contributed by atoms with van der Waals surface area (Å²) in [6.45, 7) is 37.9. The molecule has 0 unspecified atom stereocenters. The van der Waals surface area contributed by atoms with Crippen molar-refractivity contribution in [1.29, 1.82) is 0 Å². The van der Waals surface area contributed by atoms with Gasteiger partial charge in [-0.25, -0.2) is 39.1 Å². The molecule has 6 aromatic rings. The molecule has 0 atom stereocenters. The highest BCUT2D eigenvalue weighted by atomic mass is 17.3. The maximum absolute atomic E-state index is 9.50. The van der Waals surface area contributed by atoms with Crippen molar-refractivity contribution in [2.75, 3.05) is 6.61 Å². The van der Waals surface area contributed by atoms with Crippen LogP contribution in [-0.4, -0.2) is 85.1 Å². The molecule has 0 saturated heterocycles. The second-order valence-corrected chi connectivity index (χ2v) is 38.1. The van der Waals surface area contributed by atoms with Crippen molar-refractivity contribution in [3.8, 4) is 0 Å². The predicted octanol–water partition coefficient (Wildman–Crippen LogP) is 22.2. The molecule has 670 valence electrons. The van der Waals surface area contributed by atoms with E-state index in [9.17, 15) is 15.3 Å². The third kappa shape index (κ3) is 35.4. The van der Waals surface area contributed by atoms with E-state index in [2.05, 4.69) is 84.9 Å². The van der Waals surface area contributed by atoms with Gasteiger partial charge < -0.3 is 26.8 Å². The number of rotatable bonds is 34. The van der Waals surface area contributed by atoms with Gasteiger partial charge in [-0.3, -0.25) is 0 Å². The topological polar surface area (TPSA) is 297 Å². The molecule has 0 aromatic heterocycles. The minimum Gasteiger partial charge on any atom is -0.393 e. The maximum Gasteiger partial charge on any atom is 0.234 e. The van der Waals surface area contributed by atoms with Crippen LogP contribution in [-0.2, 0) is 120 Å². The number of hydrogen-bond donors (Lipinski definition) is 5. The molecule has 0 radical (unpaired) electrons. The van der Waals surface area contributed by atoms with E-state index in [-0.39, 0.29) is 6.61 Å². The second-order valence-electron chi connectivity index (χ2n) is 38.1. The summed E-state index contributed by atoms with van der Waals surface area (Å²) in [7, 11) is 0. The Kier molecular flexibility index (Phi) is 37.4. The fraction of sp³-hybridized carbons (Fsp3) is 0.660. The number of aliphatic hydroxyl groups is 3. The molecule has 5 aliphatic carbocycles. The number of aliphatic hydroxyl groups excluding tert-OH is 1. The summed E-state index contributed by atoms with van der Waals surface area (Å²) in [5, 5.41) is 32.9. The smallest absolute Gasteiger partial charge is 0.234 e. The molecule has 0 spiro atoms. The Morgan fingerprint density at radius 1 is 0.252 bits per heavy atom. The van der Waals surface area contributed by atoms with Crippen LogP contribution >= 0.6 is 0 Å². The molecule has 25 nitrogen and oxygen atoms in total. The quantitative estimate of drug-likeness (QED) is 0.0142. The van der Waals surface area contributed by atoms with Gasteiger partial charge in [0, 0.05) is 64.2 Å². The molecule has 0 aliphatic heterocycles. The zero-order valence-corrected chi connectivity index (χ0v) is 75.4. The normalized spacial score (nSPS) is 18.7. The van der Waals surface area contributed by atoms with Crippen molar-refractivity contribution >= 4 is 21.5 Å². The zero-order chi connectivity index (χ0) is 87.6. The highest BCUT2D eigenvalue weighted by Crippen LogP contribution is 2.44. The van der Waals surface area contributed by atoms with E-state index in [0.717, 1.165) is 138 Å². The van der Waals surface area contributed by atoms with Gasteiger partial charge in [0.2, 0.25) is 28.9 Å². The Labute approximate surface area is 708 Å². The number of benzene rings is 6. The molecule has 0 bridgehead atoms. The van der Waals surface area contributed by atoms with Crippen LogP contribution in [0.2, 0.25) is 0 Å². The van der Waals surface area contributed by atoms with Crippen LogP contribution in [0, 0.1) is 0 Å². The summed E-state index contributed by atoms with van der Waals surface area (Å²) in [5.74, 6) is -7.51. The van der Waals surface area contributed by atoms with E-state index in [4.69, 9.17) is 109 Å². The summed E-state index contributed by atoms with van der Waals surface area (Å²) in [6.07, 6.45) is 22.5. The summed E-state index contributed by atoms with van der Waals surface area (Å²) in [6, 6.07) is 49.5. The maximum atomic E-state index is 9.50. The standard InChI is InChI=1S/C32H36O4.C24H32O4.C14H28O5.C12H26N2O4.C12H24O6/c1-30(2,28-18-16-24-12-6-8-14-26(24)22-28)33-35-32(20-10-5-11-21-32)36-34-31(3,4)29-19-17-25-13-7-9-15-27(25)23-29;1-22(2,20-14-8-5-9-15-20)25-27-24(18-12-7-13-19-24)28-26-23(3,4)21-16-10-6-11-17-21;1-12(2,3)16-18-14(9-7-6-8-10-14)19-17-13(4,5)11-15;2*1-10(2,13)15-17-12(8-6-5-7-9-12)18-16-11(3,4)14/h6-9,12-19,22-23H,5,10-11,20-21H2,1-4H3;5-6,8-11,14-17H,7,12-13,18-19H2,1-4H3;15H,6-11H2,1-5H3;5-9,13-14H2,1-4H3;13-14H,5-9H2,1-4H3. The van der Waals surface area contributed by atoms with Crippen LogP contribution < -0.4 is 11.5 Å². The summed E-state index contributed by atoms with van der Waals surface area (Å²) in [5.41, 5.74) is 10.2. The molecule has 0 amide bonds. The van der Waals surface area contributed by atoms with Crippen molar-refractivity contribution in [3.63, 3.8) is 0 Å². The van der Waals surface area contributed by atoms with Gasteiger partial charge in [-0.2, -0.15) is 58.7 Å². The summed E-state index contributed by atoms with van der Waals surface area (Å²) >= 11 is 0. The Morgan fingerprint density at radius 3 is 0.731 bits per heavy atom. The number of fused-ring (bicyclic) bond motifs is 2. The lowest BCUT2D eigenvalue weighted by molar-refractivity contribution is -0.572. The largest absolute Gasteiger partial charge is 0.393 e. The molecule has 7 N–H and O–H groups in total. The highest BCUT2D eigenvalue weighted by molar-refractivity contribution is 5.84. The molecular formula is C94H146N2O23. The van der Waals surface area contributed by atoms with Gasteiger partial charge in [-0.15, -0.1) is 0 Å². The first-order valence-corrected chi connectivity index (χ1v) is 42.9. The zero-order valence-electron chi connectivity index (χ0n) is 75.4. The van der Waals surface area contributed by atoms with Crippen LogP contribution in [0.25, 0.3) is 21.5 Å². The summed E-state index contributed by atoms with van der Waals surface area (Å²) < 4.78 is 0. The molecule has 6 aromatic carbocycles. The van der Waals surface area contributed by atoms with Crippen LogP contribution in [0.1, 0.15) is 328 Å². The van der Waals surface area contributed by atoms with Crippen LogP contribution in [0.15, 0.2) is 146 Å². The van der Waals surface area contributed by atoms with E-state index < -0.39 is 85.6 Å². The van der Waals surface area contributed by atoms with Crippen molar-refractivity contribution in [1.82, 2.24) is 0 Å². The van der Waals surface area contributed by atoms with Gasteiger partial charge in [0.05, 0.1) is 12.2 Å². The van der Waals surface area contributed by atoms with Crippen molar-refractivity contribution in [2.45, 2.75) is 391 Å². The fourth-order valence-corrected chi connectivity index (χ4v) is 13.2. The van der Waals surface area contributed by atoms with Gasteiger partial charge in [-0.05, 0) is 266 Å². The Bertz CT molecular complexity index is 3620. The molecule has 119 heavy (non-hydrogen) atoms. The van der Waals surface area contributed by atoms with Gasteiger partial charge in [-0.1, -0.05) is 166 Å². The average Bonchev–Trinajstić information content (AvgIpc) is 0.798. The first-order valence-electron chi connectivity index (χ1n) is 42.9. The van der Waals surface area contributed by atoms with Crippen LogP contribution in [0.4, 0.5) is 0 Å². The lowest BCUT2D eigenvalue weighted by Gasteiger charge is -2.39. The van der Waals surface area contributed by atoms with Gasteiger partial charge in [0.15, 0.2) is 11.6 Å². The minimum atomic E-state index is -1.41. The van der Waals surface area contributed by atoms with E-state index in [1.54, 1.807) is 41.5 Å². The molecule has 5 aliphatic rings. The molecular weight excluding hydrogens is 1530 g/mol. The van der Waals surface area contributed by atoms with Gasteiger partial charge in [0.1, 0.15) is 39.5 Å². The van der Waals surface area contributed by atoms with Crippen LogP contribution in [0.3, 0.4) is 0 Å². The van der Waals surface area contributed by atoms with E-state index in [1.807, 2.05) is 137 Å². The number of nitrogens with two attached hydrogens (primary N) is 2. The molecule has 0 heterocycles. The van der Waals surface area contributed by atoms with E-state index in [1.165, 1.54) is 55.7 Å². The van der Waals surface area contributed by atoms with Crippen molar-refractivity contribution in [2.24, 2.45) is 11.5 Å². The molecule has 25 heteroatoms. The highest BCUT2D eigenvalue weighted by Gasteiger charge is 2.47. The van der Waals surface area contributed by atoms with Gasteiger partial charge in [0.25, 0.3) is 0 Å². The third-order valence-electron chi connectivity index (χ3n) is 20.4. The van der Waals surface area contributed by atoms with E-state index in [0.29, 0.717) is 38.5 Å². The Hall–Kier alpha value is -5.16. The van der Waals surface area contributed by atoms with Crippen molar-refractivity contribution in [3.05, 3.63) is 168 Å². The van der Waals surface area contributed by atoms with Crippen LogP contribution in [0.5, 0.6) is 0 Å². The molecule has 5 saturated carbocycles. The fourth-order valence-electron chi connectivity index (χ4n) is 13.2. The van der Waals surface area contributed by atoms with E-state index >= 15 is 0 Å². The first kappa shape index (κ1) is 101. The Balaban J connectivity index is 0.000000212. The third-order valence-corrected chi connectivity index (χ3v) is 20.4. The minimum absolute atomic E-state index is 0.122. The molecule has 5 fully saturated rings. The predicted molar refractivity (Wildman–Crippen MR) is 454 cm³/mol. The monoisotopic (exact) mass is 1670 g/mol.